The Hall–Kier alpha value is -3.09. The van der Waals surface area contributed by atoms with Crippen molar-refractivity contribution in [1.29, 1.82) is 0 Å². The van der Waals surface area contributed by atoms with Crippen LogP contribution in [-0.2, 0) is 13.0 Å². The number of aryl methyl sites for hydroxylation is 1. The fraction of sp³-hybridized carbons (Fsp3) is 0.130. The van der Waals surface area contributed by atoms with Crippen molar-refractivity contribution in [3.8, 4) is 11.4 Å². The number of thiazole rings is 1. The first kappa shape index (κ1) is 20.2. The normalized spacial score (nSPS) is 10.9. The van der Waals surface area contributed by atoms with Gasteiger partial charge in [-0.2, -0.15) is 0 Å². The van der Waals surface area contributed by atoms with Gasteiger partial charge in [-0.05, 0) is 49.2 Å². The standard InChI is InChI=1S/C23H21ClN4OS/c1-15-19(22(25)29)13-21(28(15)12-11-16-5-3-2-4-6-16)20-14-30-23(27-20)26-18-9-7-17(24)8-10-18/h2-10,13-14H,11-12H2,1H3,(H2,25,29)(H,26,27). The number of nitrogens with one attached hydrogen (secondary N) is 1. The van der Waals surface area contributed by atoms with Crippen LogP contribution in [0.2, 0.25) is 5.02 Å². The number of carbonyl (C=O) groups is 1. The van der Waals surface area contributed by atoms with Gasteiger partial charge in [-0.25, -0.2) is 4.98 Å². The molecule has 2 heterocycles. The summed E-state index contributed by atoms with van der Waals surface area (Å²) in [5.74, 6) is -0.429. The van der Waals surface area contributed by atoms with E-state index >= 15 is 0 Å². The van der Waals surface area contributed by atoms with E-state index in [0.717, 1.165) is 40.9 Å². The second-order valence-corrected chi connectivity index (χ2v) is 8.24. The molecule has 0 aliphatic carbocycles. The number of amides is 1. The van der Waals surface area contributed by atoms with Gasteiger partial charge in [0, 0.05) is 28.3 Å². The summed E-state index contributed by atoms with van der Waals surface area (Å²) in [7, 11) is 0. The highest BCUT2D eigenvalue weighted by atomic mass is 35.5. The molecule has 0 saturated carbocycles. The first-order valence-corrected chi connectivity index (χ1v) is 10.8. The fourth-order valence-corrected chi connectivity index (χ4v) is 4.24. The maximum atomic E-state index is 11.9. The monoisotopic (exact) mass is 436 g/mol. The van der Waals surface area contributed by atoms with Crippen LogP contribution in [-0.4, -0.2) is 15.5 Å². The summed E-state index contributed by atoms with van der Waals surface area (Å²) in [4.78, 5) is 16.7. The summed E-state index contributed by atoms with van der Waals surface area (Å²) < 4.78 is 2.12. The Morgan fingerprint density at radius 3 is 2.60 bits per heavy atom. The third-order valence-electron chi connectivity index (χ3n) is 4.96. The van der Waals surface area contributed by atoms with Crippen molar-refractivity contribution in [3.05, 3.63) is 87.9 Å². The van der Waals surface area contributed by atoms with Crippen LogP contribution in [0.25, 0.3) is 11.4 Å². The summed E-state index contributed by atoms with van der Waals surface area (Å²) in [6.45, 7) is 2.66. The molecule has 1 amide bonds. The van der Waals surface area contributed by atoms with E-state index < -0.39 is 5.91 Å². The molecule has 0 bridgehead atoms. The highest BCUT2D eigenvalue weighted by molar-refractivity contribution is 7.14. The molecule has 3 N–H and O–H groups in total. The van der Waals surface area contributed by atoms with Crippen molar-refractivity contribution in [2.24, 2.45) is 5.73 Å². The number of carbonyl (C=O) groups excluding carboxylic acids is 1. The van der Waals surface area contributed by atoms with Gasteiger partial charge in [-0.1, -0.05) is 41.9 Å². The van der Waals surface area contributed by atoms with Crippen LogP contribution in [0.3, 0.4) is 0 Å². The molecule has 4 aromatic rings. The number of hydrogen-bond acceptors (Lipinski definition) is 4. The molecule has 2 aromatic heterocycles. The number of benzene rings is 2. The number of nitrogens with zero attached hydrogens (tertiary/aromatic N) is 2. The minimum Gasteiger partial charge on any atom is -0.366 e. The summed E-state index contributed by atoms with van der Waals surface area (Å²) in [6, 6.07) is 19.6. The minimum atomic E-state index is -0.429. The molecule has 0 fully saturated rings. The topological polar surface area (TPSA) is 72.9 Å². The van der Waals surface area contributed by atoms with E-state index in [1.165, 1.54) is 16.9 Å². The van der Waals surface area contributed by atoms with Gasteiger partial charge in [0.25, 0.3) is 5.91 Å². The summed E-state index contributed by atoms with van der Waals surface area (Å²) in [5, 5.41) is 6.72. The van der Waals surface area contributed by atoms with Crippen LogP contribution in [0.1, 0.15) is 21.6 Å². The molecule has 0 aliphatic heterocycles. The Bertz CT molecular complexity index is 1170. The lowest BCUT2D eigenvalue weighted by Gasteiger charge is -2.11. The van der Waals surface area contributed by atoms with Crippen molar-refractivity contribution in [2.45, 2.75) is 19.9 Å². The zero-order valence-corrected chi connectivity index (χ0v) is 18.0. The van der Waals surface area contributed by atoms with Gasteiger partial charge in [0.2, 0.25) is 0 Å². The lowest BCUT2D eigenvalue weighted by atomic mass is 10.1. The maximum absolute atomic E-state index is 11.9. The van der Waals surface area contributed by atoms with E-state index in [1.54, 1.807) is 0 Å². The third kappa shape index (κ3) is 4.40. The van der Waals surface area contributed by atoms with Crippen molar-refractivity contribution in [1.82, 2.24) is 9.55 Å². The predicted molar refractivity (Wildman–Crippen MR) is 124 cm³/mol. The smallest absolute Gasteiger partial charge is 0.250 e. The van der Waals surface area contributed by atoms with Crippen LogP contribution < -0.4 is 11.1 Å². The SMILES string of the molecule is Cc1c(C(N)=O)cc(-c2csc(Nc3ccc(Cl)cc3)n2)n1CCc1ccccc1. The van der Waals surface area contributed by atoms with Crippen LogP contribution in [0, 0.1) is 6.92 Å². The molecular weight excluding hydrogens is 416 g/mol. The van der Waals surface area contributed by atoms with Crippen LogP contribution >= 0.6 is 22.9 Å². The van der Waals surface area contributed by atoms with Gasteiger partial charge < -0.3 is 15.6 Å². The van der Waals surface area contributed by atoms with E-state index in [0.29, 0.717) is 10.6 Å². The average molecular weight is 437 g/mol. The van der Waals surface area contributed by atoms with Gasteiger partial charge in [-0.15, -0.1) is 11.3 Å². The second-order valence-electron chi connectivity index (χ2n) is 6.95. The highest BCUT2D eigenvalue weighted by Gasteiger charge is 2.18. The second kappa shape index (κ2) is 8.73. The van der Waals surface area contributed by atoms with Crippen molar-refractivity contribution in [2.75, 3.05) is 5.32 Å². The number of nitrogens with two attached hydrogens (primary N) is 1. The lowest BCUT2D eigenvalue weighted by Crippen LogP contribution is -2.13. The Labute approximate surface area is 184 Å². The quantitative estimate of drug-likeness (QED) is 0.392. The molecule has 0 spiro atoms. The molecule has 0 aliphatic rings. The fourth-order valence-electron chi connectivity index (χ4n) is 3.39. The molecule has 152 valence electrons. The zero-order chi connectivity index (χ0) is 21.1. The molecule has 7 heteroatoms. The Morgan fingerprint density at radius 1 is 1.17 bits per heavy atom. The average Bonchev–Trinajstić information content (AvgIpc) is 3.33. The summed E-state index contributed by atoms with van der Waals surface area (Å²) >= 11 is 7.46. The van der Waals surface area contributed by atoms with E-state index in [2.05, 4.69) is 22.0 Å². The number of hydrogen-bond donors (Lipinski definition) is 2. The van der Waals surface area contributed by atoms with Crippen LogP contribution in [0.5, 0.6) is 0 Å². The van der Waals surface area contributed by atoms with Crippen LogP contribution in [0.15, 0.2) is 66.0 Å². The number of primary amides is 1. The van der Waals surface area contributed by atoms with E-state index in [-0.39, 0.29) is 0 Å². The van der Waals surface area contributed by atoms with E-state index in [9.17, 15) is 4.79 Å². The van der Waals surface area contributed by atoms with E-state index in [1.807, 2.05) is 60.8 Å². The highest BCUT2D eigenvalue weighted by Crippen LogP contribution is 2.31. The molecular formula is C23H21ClN4OS. The molecule has 2 aromatic carbocycles. The molecule has 0 unspecified atom stereocenters. The first-order chi connectivity index (χ1) is 14.5. The van der Waals surface area contributed by atoms with Gasteiger partial charge in [0.1, 0.15) is 0 Å². The van der Waals surface area contributed by atoms with Crippen molar-refractivity contribution < 1.29 is 4.79 Å². The summed E-state index contributed by atoms with van der Waals surface area (Å²) in [5.41, 5.74) is 10.8. The molecule has 0 atom stereocenters. The third-order valence-corrected chi connectivity index (χ3v) is 5.97. The molecule has 0 radical (unpaired) electrons. The number of aromatic nitrogens is 2. The van der Waals surface area contributed by atoms with Crippen molar-refractivity contribution >= 4 is 39.7 Å². The molecule has 4 rings (SSSR count). The number of rotatable bonds is 7. The number of anilines is 2. The maximum Gasteiger partial charge on any atom is 0.250 e. The Balaban J connectivity index is 1.62. The lowest BCUT2D eigenvalue weighted by molar-refractivity contribution is 0.0999. The molecule has 30 heavy (non-hydrogen) atoms. The first-order valence-electron chi connectivity index (χ1n) is 9.53. The Kier molecular flexibility index (Phi) is 5.88. The molecule has 5 nitrogen and oxygen atoms in total. The van der Waals surface area contributed by atoms with Gasteiger partial charge in [0.15, 0.2) is 5.13 Å². The van der Waals surface area contributed by atoms with Gasteiger partial charge in [-0.3, -0.25) is 4.79 Å². The van der Waals surface area contributed by atoms with Crippen LogP contribution in [0.4, 0.5) is 10.8 Å². The largest absolute Gasteiger partial charge is 0.366 e. The van der Waals surface area contributed by atoms with E-state index in [4.69, 9.17) is 22.3 Å². The zero-order valence-electron chi connectivity index (χ0n) is 16.4. The number of halogens is 1. The minimum absolute atomic E-state index is 0.429. The van der Waals surface area contributed by atoms with Crippen molar-refractivity contribution in [3.63, 3.8) is 0 Å². The predicted octanol–water partition coefficient (Wildman–Crippen LogP) is 5.66. The Morgan fingerprint density at radius 2 is 1.90 bits per heavy atom. The molecule has 0 saturated heterocycles. The summed E-state index contributed by atoms with van der Waals surface area (Å²) in [6.07, 6.45) is 0.849. The van der Waals surface area contributed by atoms with Gasteiger partial charge in [0.05, 0.1) is 17.0 Å². The van der Waals surface area contributed by atoms with Gasteiger partial charge >= 0.3 is 0 Å².